The van der Waals surface area contributed by atoms with Gasteiger partial charge in [0.15, 0.2) is 0 Å². The van der Waals surface area contributed by atoms with Gasteiger partial charge in [-0.2, -0.15) is 0 Å². The second kappa shape index (κ2) is 7.69. The lowest BCUT2D eigenvalue weighted by atomic mass is 10.3. The summed E-state index contributed by atoms with van der Waals surface area (Å²) in [4.78, 5) is 6.38. The molecule has 0 bridgehead atoms. The average Bonchev–Trinajstić information content (AvgIpc) is 2.97. The maximum Gasteiger partial charge on any atom is 0.231 e. The summed E-state index contributed by atoms with van der Waals surface area (Å²) in [5.41, 5.74) is 2.71. The van der Waals surface area contributed by atoms with Gasteiger partial charge < -0.3 is 10.0 Å². The van der Waals surface area contributed by atoms with Gasteiger partial charge in [-0.1, -0.05) is 25.2 Å². The van der Waals surface area contributed by atoms with Crippen molar-refractivity contribution < 1.29 is 5.11 Å². The summed E-state index contributed by atoms with van der Waals surface area (Å²) in [5, 5.41) is 18.4. The molecule has 5 nitrogen and oxygen atoms in total. The zero-order valence-electron chi connectivity index (χ0n) is 13.7. The summed E-state index contributed by atoms with van der Waals surface area (Å²) in [5.74, 6) is 0.230. The Bertz CT molecular complexity index is 794. The molecule has 1 heterocycles. The molecule has 6 heteroatoms. The van der Waals surface area contributed by atoms with E-state index in [9.17, 15) is 5.11 Å². The Balaban J connectivity index is 0.000000924. The molecule has 0 spiro atoms. The first-order chi connectivity index (χ1) is 11.1. The van der Waals surface area contributed by atoms with Crippen LogP contribution < -0.4 is 4.90 Å². The molecule has 0 amide bonds. The van der Waals surface area contributed by atoms with Crippen molar-refractivity contribution in [2.75, 3.05) is 19.0 Å². The van der Waals surface area contributed by atoms with Crippen molar-refractivity contribution in [2.45, 2.75) is 13.8 Å². The Morgan fingerprint density at radius 2 is 1.70 bits per heavy atom. The molecule has 23 heavy (non-hydrogen) atoms. The lowest BCUT2D eigenvalue weighted by molar-refractivity contribution is 0.476. The largest absolute Gasteiger partial charge is 0.508 e. The Kier molecular flexibility index (Phi) is 5.65. The monoisotopic (exact) mass is 328 g/mol. The first-order valence-corrected chi connectivity index (χ1v) is 8.22. The molecule has 1 aromatic heterocycles. The number of nitrogens with zero attached hydrogens (tertiary/aromatic N) is 4. The highest BCUT2D eigenvalue weighted by molar-refractivity contribution is 7.21. The fourth-order valence-corrected chi connectivity index (χ4v) is 2.68. The van der Waals surface area contributed by atoms with E-state index >= 15 is 0 Å². The van der Waals surface area contributed by atoms with Gasteiger partial charge in [0, 0.05) is 19.8 Å². The van der Waals surface area contributed by atoms with E-state index in [-0.39, 0.29) is 5.75 Å². The number of aromatic nitrogens is 1. The van der Waals surface area contributed by atoms with E-state index in [1.54, 1.807) is 18.2 Å². The van der Waals surface area contributed by atoms with Gasteiger partial charge in [0.2, 0.25) is 5.13 Å². The molecule has 0 atom stereocenters. The van der Waals surface area contributed by atoms with Crippen molar-refractivity contribution in [3.8, 4) is 5.75 Å². The Morgan fingerprint density at radius 1 is 1.00 bits per heavy atom. The number of phenolic OH excluding ortho intramolecular Hbond substituents is 1. The Morgan fingerprint density at radius 3 is 2.35 bits per heavy atom. The van der Waals surface area contributed by atoms with E-state index in [0.29, 0.717) is 5.13 Å². The van der Waals surface area contributed by atoms with E-state index in [4.69, 9.17) is 0 Å². The normalized spacial score (nSPS) is 10.6. The molecule has 0 radical (unpaired) electrons. The number of phenols is 1. The summed E-state index contributed by atoms with van der Waals surface area (Å²) in [6, 6.07) is 12.9. The third-order valence-electron chi connectivity index (χ3n) is 2.98. The molecule has 0 saturated carbocycles. The van der Waals surface area contributed by atoms with Gasteiger partial charge in [-0.25, -0.2) is 4.98 Å². The first-order valence-electron chi connectivity index (χ1n) is 7.40. The Hall–Kier alpha value is -2.47. The third kappa shape index (κ3) is 4.26. The number of benzene rings is 2. The van der Waals surface area contributed by atoms with Crippen LogP contribution in [0.4, 0.5) is 16.5 Å². The third-order valence-corrected chi connectivity index (χ3v) is 3.88. The Labute approximate surface area is 139 Å². The highest BCUT2D eigenvalue weighted by Gasteiger charge is 2.03. The molecule has 3 aromatic rings. The minimum absolute atomic E-state index is 0.230. The van der Waals surface area contributed by atoms with Gasteiger partial charge in [-0.15, -0.1) is 10.2 Å². The molecule has 3 rings (SSSR count). The number of aromatic hydroxyl groups is 1. The van der Waals surface area contributed by atoms with Crippen molar-refractivity contribution in [1.29, 1.82) is 0 Å². The zero-order chi connectivity index (χ0) is 16.8. The molecule has 1 N–H and O–H groups in total. The summed E-state index contributed by atoms with van der Waals surface area (Å²) < 4.78 is 0.895. The van der Waals surface area contributed by atoms with Crippen molar-refractivity contribution in [1.82, 2.24) is 4.98 Å². The molecule has 0 aliphatic rings. The van der Waals surface area contributed by atoms with Gasteiger partial charge in [0.1, 0.15) is 5.75 Å². The second-order valence-corrected chi connectivity index (χ2v) is 5.77. The molecule has 0 aliphatic heterocycles. The van der Waals surface area contributed by atoms with Gasteiger partial charge >= 0.3 is 0 Å². The number of anilines is 1. The summed E-state index contributed by atoms with van der Waals surface area (Å²) in [6.07, 6.45) is 0. The highest BCUT2D eigenvalue weighted by atomic mass is 32.1. The molecule has 0 fully saturated rings. The van der Waals surface area contributed by atoms with Crippen LogP contribution in [0.15, 0.2) is 52.7 Å². The van der Waals surface area contributed by atoms with E-state index in [0.717, 1.165) is 21.6 Å². The lowest BCUT2D eigenvalue weighted by Crippen LogP contribution is -2.07. The van der Waals surface area contributed by atoms with Crippen molar-refractivity contribution in [3.05, 3.63) is 42.5 Å². The molecule has 2 aromatic carbocycles. The van der Waals surface area contributed by atoms with Crippen LogP contribution in [-0.2, 0) is 0 Å². The standard InChI is InChI=1S/C15H14N4OS.C2H6/c1-19(2)11-5-3-10(4-6-11)17-18-15-16-13-8-7-12(20)9-14(13)21-15;1-2/h3-9,20H,1-2H3;1-2H3. The van der Waals surface area contributed by atoms with Gasteiger partial charge in [0.25, 0.3) is 0 Å². The fourth-order valence-electron chi connectivity index (χ4n) is 1.86. The zero-order valence-corrected chi connectivity index (χ0v) is 14.5. The predicted molar refractivity (Wildman–Crippen MR) is 97.6 cm³/mol. The highest BCUT2D eigenvalue weighted by Crippen LogP contribution is 2.31. The second-order valence-electron chi connectivity index (χ2n) is 4.76. The van der Waals surface area contributed by atoms with Crippen LogP contribution >= 0.6 is 11.3 Å². The van der Waals surface area contributed by atoms with Gasteiger partial charge in [-0.3, -0.25) is 0 Å². The van der Waals surface area contributed by atoms with Crippen LogP contribution in [0, 0.1) is 0 Å². The van der Waals surface area contributed by atoms with E-state index < -0.39 is 0 Å². The molecule has 120 valence electrons. The number of fused-ring (bicyclic) bond motifs is 1. The van der Waals surface area contributed by atoms with Crippen LogP contribution in [-0.4, -0.2) is 24.2 Å². The predicted octanol–water partition coefficient (Wildman–Crippen LogP) is 5.51. The summed E-state index contributed by atoms with van der Waals surface area (Å²) >= 11 is 1.40. The SMILES string of the molecule is CC.CN(C)c1ccc(N=Nc2nc3ccc(O)cc3s2)cc1. The first kappa shape index (κ1) is 16.9. The number of thiazole rings is 1. The van der Waals surface area contributed by atoms with Gasteiger partial charge in [0.05, 0.1) is 15.9 Å². The summed E-state index contributed by atoms with van der Waals surface area (Å²) in [7, 11) is 3.99. The van der Waals surface area contributed by atoms with Crippen molar-refractivity contribution in [2.24, 2.45) is 10.2 Å². The maximum atomic E-state index is 9.44. The molecule has 0 unspecified atom stereocenters. The molecular weight excluding hydrogens is 308 g/mol. The minimum Gasteiger partial charge on any atom is -0.508 e. The molecular formula is C17H20N4OS. The minimum atomic E-state index is 0.230. The fraction of sp³-hybridized carbons (Fsp3) is 0.235. The lowest BCUT2D eigenvalue weighted by Gasteiger charge is -2.11. The smallest absolute Gasteiger partial charge is 0.231 e. The van der Waals surface area contributed by atoms with Gasteiger partial charge in [-0.05, 0) is 42.5 Å². The number of hydrogen-bond acceptors (Lipinski definition) is 6. The summed E-state index contributed by atoms with van der Waals surface area (Å²) in [6.45, 7) is 4.00. The molecule has 0 saturated heterocycles. The van der Waals surface area contributed by atoms with Crippen LogP contribution in [0.1, 0.15) is 13.8 Å². The number of azo groups is 1. The van der Waals surface area contributed by atoms with E-state index in [1.165, 1.54) is 11.3 Å². The topological polar surface area (TPSA) is 61.1 Å². The van der Waals surface area contributed by atoms with Crippen molar-refractivity contribution >= 4 is 38.1 Å². The average molecular weight is 328 g/mol. The van der Waals surface area contributed by atoms with Crippen molar-refractivity contribution in [3.63, 3.8) is 0 Å². The van der Waals surface area contributed by atoms with E-state index in [1.807, 2.05) is 57.1 Å². The van der Waals surface area contributed by atoms with Crippen LogP contribution in [0.5, 0.6) is 5.75 Å². The van der Waals surface area contributed by atoms with Crippen LogP contribution in [0.3, 0.4) is 0 Å². The van der Waals surface area contributed by atoms with Crippen LogP contribution in [0.2, 0.25) is 0 Å². The molecule has 0 aliphatic carbocycles. The maximum absolute atomic E-state index is 9.44. The van der Waals surface area contributed by atoms with Crippen LogP contribution in [0.25, 0.3) is 10.2 Å². The van der Waals surface area contributed by atoms with E-state index in [2.05, 4.69) is 15.2 Å². The quantitative estimate of drug-likeness (QED) is 0.645. The number of hydrogen-bond donors (Lipinski definition) is 1. The number of rotatable bonds is 3.